The lowest BCUT2D eigenvalue weighted by molar-refractivity contribution is -0.186. The van der Waals surface area contributed by atoms with Crippen molar-refractivity contribution < 1.29 is 28.5 Å². The molecule has 0 aromatic rings. The first kappa shape index (κ1) is 17.2. The zero-order valence-electron chi connectivity index (χ0n) is 13.3. The second kappa shape index (κ2) is 9.10. The maximum absolute atomic E-state index is 11.8. The molecule has 0 aliphatic carbocycles. The van der Waals surface area contributed by atoms with E-state index in [4.69, 9.17) is 18.9 Å². The summed E-state index contributed by atoms with van der Waals surface area (Å²) in [5.41, 5.74) is 0. The highest BCUT2D eigenvalue weighted by atomic mass is 16.7. The molecule has 2 rings (SSSR count). The third kappa shape index (κ3) is 6.32. The van der Waals surface area contributed by atoms with Gasteiger partial charge in [0.05, 0.1) is 0 Å². The van der Waals surface area contributed by atoms with Crippen LogP contribution in [0.5, 0.6) is 0 Å². The van der Waals surface area contributed by atoms with Gasteiger partial charge in [-0.1, -0.05) is 0 Å². The molecule has 2 fully saturated rings. The highest BCUT2D eigenvalue weighted by Gasteiger charge is 2.23. The highest BCUT2D eigenvalue weighted by molar-refractivity contribution is 5.71. The number of rotatable bonds is 6. The summed E-state index contributed by atoms with van der Waals surface area (Å²) < 4.78 is 20.8. The van der Waals surface area contributed by atoms with Gasteiger partial charge >= 0.3 is 11.9 Å². The Balaban J connectivity index is 1.62. The minimum Gasteiger partial charge on any atom is -0.425 e. The van der Waals surface area contributed by atoms with E-state index < -0.39 is 6.29 Å². The highest BCUT2D eigenvalue weighted by Crippen LogP contribution is 2.21. The van der Waals surface area contributed by atoms with E-state index in [1.807, 2.05) is 0 Å². The molecule has 0 saturated carbocycles. The largest absolute Gasteiger partial charge is 0.425 e. The van der Waals surface area contributed by atoms with Gasteiger partial charge in [-0.2, -0.15) is 0 Å². The number of hydrogen-bond donors (Lipinski definition) is 0. The summed E-state index contributed by atoms with van der Waals surface area (Å²) >= 11 is 0. The minimum atomic E-state index is -0.820. The fraction of sp³-hybridized carbons (Fsp3) is 0.875. The van der Waals surface area contributed by atoms with Gasteiger partial charge < -0.3 is 18.9 Å². The van der Waals surface area contributed by atoms with Crippen LogP contribution in [0, 0.1) is 11.8 Å². The van der Waals surface area contributed by atoms with Crippen LogP contribution < -0.4 is 0 Å². The lowest BCUT2D eigenvalue weighted by Crippen LogP contribution is -2.26. The topological polar surface area (TPSA) is 71.1 Å². The molecule has 0 unspecified atom stereocenters. The van der Waals surface area contributed by atoms with E-state index in [0.29, 0.717) is 51.1 Å². The molecule has 0 N–H and O–H groups in total. The van der Waals surface area contributed by atoms with Crippen LogP contribution in [0.4, 0.5) is 0 Å². The van der Waals surface area contributed by atoms with Crippen molar-refractivity contribution in [3.8, 4) is 0 Å². The Morgan fingerprint density at radius 2 is 1.23 bits per heavy atom. The van der Waals surface area contributed by atoms with Gasteiger partial charge in [-0.25, -0.2) is 0 Å². The number of carbonyl (C=O) groups is 2. The van der Waals surface area contributed by atoms with Crippen LogP contribution in [-0.2, 0) is 28.5 Å². The second-order valence-corrected chi connectivity index (χ2v) is 6.07. The molecule has 0 aromatic carbocycles. The number of hydrogen-bond acceptors (Lipinski definition) is 6. The van der Waals surface area contributed by atoms with Crippen LogP contribution in [0.15, 0.2) is 0 Å². The van der Waals surface area contributed by atoms with Gasteiger partial charge in [0.2, 0.25) is 6.29 Å². The lowest BCUT2D eigenvalue weighted by Gasteiger charge is -2.23. The van der Waals surface area contributed by atoms with Crippen LogP contribution in [0.1, 0.15) is 45.4 Å². The molecule has 0 radical (unpaired) electrons. The molecule has 126 valence electrons. The molecule has 2 aliphatic rings. The molecule has 6 heteroatoms. The Kier molecular flexibility index (Phi) is 7.12. The molecular formula is C16H26O6. The van der Waals surface area contributed by atoms with Crippen LogP contribution in [0.25, 0.3) is 0 Å². The van der Waals surface area contributed by atoms with Crippen molar-refractivity contribution in [1.29, 1.82) is 0 Å². The summed E-state index contributed by atoms with van der Waals surface area (Å²) in [4.78, 5) is 23.6. The smallest absolute Gasteiger partial charge is 0.309 e. The molecular weight excluding hydrogens is 288 g/mol. The summed E-state index contributed by atoms with van der Waals surface area (Å²) in [6.07, 6.45) is 3.44. The zero-order valence-corrected chi connectivity index (χ0v) is 13.3. The van der Waals surface area contributed by atoms with Crippen LogP contribution in [0.3, 0.4) is 0 Å². The fourth-order valence-electron chi connectivity index (χ4n) is 2.86. The number of esters is 2. The maximum atomic E-state index is 11.8. The third-order valence-corrected chi connectivity index (χ3v) is 4.19. The molecule has 22 heavy (non-hydrogen) atoms. The molecule has 0 aromatic heterocycles. The average Bonchev–Trinajstić information content (AvgIpc) is 2.48. The summed E-state index contributed by atoms with van der Waals surface area (Å²) in [5, 5.41) is 0. The van der Waals surface area contributed by atoms with E-state index in [2.05, 4.69) is 0 Å². The fourth-order valence-corrected chi connectivity index (χ4v) is 2.86. The number of ether oxygens (including phenoxy) is 4. The first-order chi connectivity index (χ1) is 10.6. The minimum absolute atomic E-state index is 0.307. The maximum Gasteiger partial charge on any atom is 0.309 e. The molecule has 2 saturated heterocycles. The van der Waals surface area contributed by atoms with Crippen molar-refractivity contribution in [1.82, 2.24) is 0 Å². The van der Waals surface area contributed by atoms with Crippen LogP contribution in [0.2, 0.25) is 0 Å². The first-order valence-corrected chi connectivity index (χ1v) is 8.18. The summed E-state index contributed by atoms with van der Waals surface area (Å²) in [6, 6.07) is 0. The Morgan fingerprint density at radius 3 is 1.59 bits per heavy atom. The van der Waals surface area contributed by atoms with Crippen LogP contribution >= 0.6 is 0 Å². The molecule has 0 spiro atoms. The van der Waals surface area contributed by atoms with Gasteiger partial charge in [0.25, 0.3) is 0 Å². The average molecular weight is 314 g/mol. The first-order valence-electron chi connectivity index (χ1n) is 8.18. The number of carbonyl (C=O) groups excluding carboxylic acids is 2. The third-order valence-electron chi connectivity index (χ3n) is 4.19. The van der Waals surface area contributed by atoms with E-state index in [-0.39, 0.29) is 11.9 Å². The van der Waals surface area contributed by atoms with Crippen molar-refractivity contribution in [2.75, 3.05) is 26.4 Å². The van der Waals surface area contributed by atoms with Gasteiger partial charge in [0, 0.05) is 46.2 Å². The van der Waals surface area contributed by atoms with E-state index in [9.17, 15) is 9.59 Å². The Morgan fingerprint density at radius 1 is 0.864 bits per heavy atom. The predicted octanol–water partition coefficient (Wildman–Crippen LogP) is 2.05. The van der Waals surface area contributed by atoms with Gasteiger partial charge in [0.15, 0.2) is 0 Å². The summed E-state index contributed by atoms with van der Waals surface area (Å²) in [7, 11) is 0. The molecule has 0 atom stereocenters. The molecule has 0 amide bonds. The summed E-state index contributed by atoms with van der Waals surface area (Å²) in [6.45, 7) is 4.39. The van der Waals surface area contributed by atoms with Crippen molar-refractivity contribution in [3.05, 3.63) is 0 Å². The molecule has 2 heterocycles. The van der Waals surface area contributed by atoms with Crippen molar-refractivity contribution in [2.45, 2.75) is 51.7 Å². The van der Waals surface area contributed by atoms with Gasteiger partial charge in [-0.15, -0.1) is 0 Å². The van der Waals surface area contributed by atoms with Gasteiger partial charge in [-0.05, 0) is 37.5 Å². The normalized spacial score (nSPS) is 20.8. The van der Waals surface area contributed by atoms with Gasteiger partial charge in [0.1, 0.15) is 0 Å². The quantitative estimate of drug-likeness (QED) is 0.552. The predicted molar refractivity (Wildman–Crippen MR) is 78.0 cm³/mol. The monoisotopic (exact) mass is 314 g/mol. The molecule has 6 nitrogen and oxygen atoms in total. The SMILES string of the molecule is CC(OC(=O)CC1CCOCC1)OC(=O)CC1CCOCC1. The van der Waals surface area contributed by atoms with E-state index in [1.165, 1.54) is 0 Å². The molecule has 0 bridgehead atoms. The second-order valence-electron chi connectivity index (χ2n) is 6.07. The van der Waals surface area contributed by atoms with Crippen molar-refractivity contribution in [2.24, 2.45) is 11.8 Å². The van der Waals surface area contributed by atoms with E-state index >= 15 is 0 Å². The molecule has 2 aliphatic heterocycles. The van der Waals surface area contributed by atoms with Crippen LogP contribution in [-0.4, -0.2) is 44.7 Å². The standard InChI is InChI=1S/C16H26O6/c1-12(21-15(17)10-13-2-6-19-7-3-13)22-16(18)11-14-4-8-20-9-5-14/h12-14H,2-11H2,1H3. The zero-order chi connectivity index (χ0) is 15.8. The Bertz CT molecular complexity index is 324. The van der Waals surface area contributed by atoms with Gasteiger partial charge in [-0.3, -0.25) is 9.59 Å². The summed E-state index contributed by atoms with van der Waals surface area (Å²) in [5.74, 6) is 0.00862. The van der Waals surface area contributed by atoms with E-state index in [0.717, 1.165) is 25.7 Å². The Labute approximate surface area is 131 Å². The van der Waals surface area contributed by atoms with Crippen molar-refractivity contribution in [3.63, 3.8) is 0 Å². The lowest BCUT2D eigenvalue weighted by atomic mass is 9.97. The van der Waals surface area contributed by atoms with E-state index in [1.54, 1.807) is 6.92 Å². The Hall–Kier alpha value is -1.14. The van der Waals surface area contributed by atoms with Crippen molar-refractivity contribution >= 4 is 11.9 Å².